The Morgan fingerprint density at radius 2 is 2.00 bits per heavy atom. The fraction of sp³-hybridized carbons (Fsp3) is 0.750. The summed E-state index contributed by atoms with van der Waals surface area (Å²) >= 11 is 0. The van der Waals surface area contributed by atoms with Crippen LogP contribution in [0.25, 0.3) is 0 Å². The molecule has 8 nitrogen and oxygen atoms in total. The lowest BCUT2D eigenvalue weighted by Crippen LogP contribution is -2.62. The summed E-state index contributed by atoms with van der Waals surface area (Å²) in [6, 6.07) is -1.39. The number of carboxylic acid groups (broad SMARTS) is 1. The molecule has 3 amide bonds. The molecule has 1 unspecified atom stereocenters. The summed E-state index contributed by atoms with van der Waals surface area (Å²) in [4.78, 5) is 37.7. The average Bonchev–Trinajstić information content (AvgIpc) is 2.46. The second-order valence-electron chi connectivity index (χ2n) is 4.99. The van der Waals surface area contributed by atoms with Gasteiger partial charge in [-0.25, -0.2) is 9.59 Å². The number of carbonyl (C=O) groups excluding carboxylic acids is 2. The average molecular weight is 285 g/mol. The minimum absolute atomic E-state index is 0.0472. The number of piperazine rings is 1. The van der Waals surface area contributed by atoms with Crippen LogP contribution in [-0.2, 0) is 14.3 Å². The zero-order chi connectivity index (χ0) is 14.7. The lowest BCUT2D eigenvalue weighted by molar-refractivity contribution is -0.144. The highest BCUT2D eigenvalue weighted by Crippen LogP contribution is 2.16. The van der Waals surface area contributed by atoms with E-state index >= 15 is 0 Å². The summed E-state index contributed by atoms with van der Waals surface area (Å²) in [5.41, 5.74) is 0. The van der Waals surface area contributed by atoms with E-state index in [-0.39, 0.29) is 31.1 Å². The molecule has 0 spiro atoms. The first kappa shape index (κ1) is 14.6. The van der Waals surface area contributed by atoms with Crippen molar-refractivity contribution in [3.8, 4) is 0 Å². The van der Waals surface area contributed by atoms with Crippen molar-refractivity contribution in [2.24, 2.45) is 0 Å². The van der Waals surface area contributed by atoms with Gasteiger partial charge in [0, 0.05) is 26.7 Å². The molecule has 0 saturated carbocycles. The van der Waals surface area contributed by atoms with Crippen LogP contribution in [-0.4, -0.2) is 78.2 Å². The molecule has 2 saturated heterocycles. The van der Waals surface area contributed by atoms with Crippen LogP contribution in [0.2, 0.25) is 0 Å². The fourth-order valence-electron chi connectivity index (χ4n) is 2.53. The second-order valence-corrected chi connectivity index (χ2v) is 4.99. The largest absolute Gasteiger partial charge is 0.480 e. The second kappa shape index (κ2) is 6.08. The van der Waals surface area contributed by atoms with Gasteiger partial charge in [0.1, 0.15) is 12.6 Å². The Morgan fingerprint density at radius 3 is 2.55 bits per heavy atom. The van der Waals surface area contributed by atoms with Gasteiger partial charge < -0.3 is 20.1 Å². The molecule has 0 aromatic carbocycles. The smallest absolute Gasteiger partial charge is 0.328 e. The Kier molecular flexibility index (Phi) is 4.43. The molecule has 8 heteroatoms. The fourth-order valence-corrected chi connectivity index (χ4v) is 2.53. The first-order valence-electron chi connectivity index (χ1n) is 6.60. The topological polar surface area (TPSA) is 99.2 Å². The van der Waals surface area contributed by atoms with Crippen molar-refractivity contribution in [2.75, 3.05) is 33.3 Å². The summed E-state index contributed by atoms with van der Waals surface area (Å²) < 4.78 is 5.23. The number of urea groups is 1. The Labute approximate surface area is 116 Å². The van der Waals surface area contributed by atoms with Gasteiger partial charge in [-0.3, -0.25) is 9.69 Å². The van der Waals surface area contributed by atoms with Gasteiger partial charge in [0.2, 0.25) is 5.91 Å². The number of nitrogens with one attached hydrogen (secondary N) is 1. The van der Waals surface area contributed by atoms with Crippen molar-refractivity contribution >= 4 is 17.9 Å². The maximum Gasteiger partial charge on any atom is 0.328 e. The lowest BCUT2D eigenvalue weighted by Gasteiger charge is -2.39. The molecule has 2 rings (SSSR count). The Hall–Kier alpha value is -1.83. The maximum atomic E-state index is 12.4. The maximum absolute atomic E-state index is 12.4. The Morgan fingerprint density at radius 1 is 1.35 bits per heavy atom. The van der Waals surface area contributed by atoms with Crippen molar-refractivity contribution in [1.82, 2.24) is 15.1 Å². The van der Waals surface area contributed by atoms with Crippen LogP contribution < -0.4 is 5.32 Å². The molecule has 0 bridgehead atoms. The highest BCUT2D eigenvalue weighted by atomic mass is 16.5. The van der Waals surface area contributed by atoms with Crippen LogP contribution in [0.4, 0.5) is 4.79 Å². The summed E-state index contributed by atoms with van der Waals surface area (Å²) in [7, 11) is 1.64. The van der Waals surface area contributed by atoms with Gasteiger partial charge in [-0.05, 0) is 12.8 Å². The first-order chi connectivity index (χ1) is 9.52. The summed E-state index contributed by atoms with van der Waals surface area (Å²) in [6.07, 6.45) is 1.58. The zero-order valence-corrected chi connectivity index (χ0v) is 11.4. The van der Waals surface area contributed by atoms with Crippen LogP contribution in [0.3, 0.4) is 0 Å². The molecular formula is C12H19N3O5. The van der Waals surface area contributed by atoms with Gasteiger partial charge in [-0.2, -0.15) is 0 Å². The minimum Gasteiger partial charge on any atom is -0.480 e. The molecule has 0 aromatic rings. The van der Waals surface area contributed by atoms with Gasteiger partial charge in [0.25, 0.3) is 0 Å². The van der Waals surface area contributed by atoms with Crippen LogP contribution in [0.15, 0.2) is 0 Å². The highest BCUT2D eigenvalue weighted by molar-refractivity contribution is 5.90. The molecule has 2 N–H and O–H groups in total. The third kappa shape index (κ3) is 3.01. The third-order valence-corrected chi connectivity index (χ3v) is 3.76. The van der Waals surface area contributed by atoms with Gasteiger partial charge >= 0.3 is 12.0 Å². The van der Waals surface area contributed by atoms with Crippen LogP contribution in [0, 0.1) is 0 Å². The van der Waals surface area contributed by atoms with E-state index in [2.05, 4.69) is 5.32 Å². The van der Waals surface area contributed by atoms with Gasteiger partial charge in [-0.15, -0.1) is 0 Å². The molecular weight excluding hydrogens is 266 g/mol. The number of ether oxygens (including phenoxy) is 1. The van der Waals surface area contributed by atoms with E-state index in [1.165, 1.54) is 0 Å². The molecule has 1 atom stereocenters. The number of piperidine rings is 1. The van der Waals surface area contributed by atoms with Gasteiger partial charge in [-0.1, -0.05) is 0 Å². The van der Waals surface area contributed by atoms with Crippen molar-refractivity contribution in [3.05, 3.63) is 0 Å². The molecule has 0 aliphatic carbocycles. The minimum atomic E-state index is -1.11. The van der Waals surface area contributed by atoms with Gasteiger partial charge in [0.15, 0.2) is 0 Å². The Bertz CT molecular complexity index is 406. The molecule has 0 aromatic heterocycles. The number of carboxylic acids is 1. The number of methoxy groups -OCH3 is 1. The van der Waals surface area contributed by atoms with Crippen LogP contribution in [0.5, 0.6) is 0 Å². The number of hydrogen-bond donors (Lipinski definition) is 2. The number of nitrogens with zero attached hydrogens (tertiary/aromatic N) is 2. The van der Waals surface area contributed by atoms with E-state index in [0.29, 0.717) is 13.1 Å². The molecule has 20 heavy (non-hydrogen) atoms. The zero-order valence-electron chi connectivity index (χ0n) is 11.4. The molecule has 2 aliphatic rings. The molecule has 2 heterocycles. The van der Waals surface area contributed by atoms with Gasteiger partial charge in [0.05, 0.1) is 6.10 Å². The standard InChI is InChI=1S/C12H19N3O5/c1-20-8-2-4-14(5-3-8)12(19)15-7-10(16)13-6-9(15)11(17)18/h8-9H,2-7H2,1H3,(H,13,16)(H,17,18). The molecule has 2 fully saturated rings. The SMILES string of the molecule is COC1CCN(C(=O)N2CC(=O)NCC2C(=O)O)CC1. The quantitative estimate of drug-likeness (QED) is 0.685. The van der Waals surface area contributed by atoms with Crippen LogP contribution >= 0.6 is 0 Å². The van der Waals surface area contributed by atoms with E-state index in [9.17, 15) is 14.4 Å². The number of amides is 3. The van der Waals surface area contributed by atoms with E-state index in [1.54, 1.807) is 12.0 Å². The predicted molar refractivity (Wildman–Crippen MR) is 68.1 cm³/mol. The van der Waals surface area contributed by atoms with E-state index in [1.807, 2.05) is 0 Å². The van der Waals surface area contributed by atoms with Crippen molar-refractivity contribution in [3.63, 3.8) is 0 Å². The van der Waals surface area contributed by atoms with E-state index in [0.717, 1.165) is 17.7 Å². The molecule has 0 radical (unpaired) electrons. The lowest BCUT2D eigenvalue weighted by atomic mass is 10.1. The van der Waals surface area contributed by atoms with E-state index < -0.39 is 12.0 Å². The number of rotatable bonds is 2. The normalized spacial score (nSPS) is 24.4. The Balaban J connectivity index is 2.02. The van der Waals surface area contributed by atoms with Crippen LogP contribution in [0.1, 0.15) is 12.8 Å². The number of likely N-dealkylation sites (tertiary alicyclic amines) is 1. The van der Waals surface area contributed by atoms with Crippen molar-refractivity contribution < 1.29 is 24.2 Å². The monoisotopic (exact) mass is 285 g/mol. The summed E-state index contributed by atoms with van der Waals surface area (Å²) in [6.45, 7) is 0.776. The third-order valence-electron chi connectivity index (χ3n) is 3.76. The summed E-state index contributed by atoms with van der Waals surface area (Å²) in [5.74, 6) is -1.44. The number of aliphatic carboxylic acids is 1. The first-order valence-corrected chi connectivity index (χ1v) is 6.60. The van der Waals surface area contributed by atoms with Crippen molar-refractivity contribution in [2.45, 2.75) is 25.0 Å². The molecule has 2 aliphatic heterocycles. The number of hydrogen-bond acceptors (Lipinski definition) is 4. The van der Waals surface area contributed by atoms with E-state index in [4.69, 9.17) is 9.84 Å². The predicted octanol–water partition coefficient (Wildman–Crippen LogP) is -0.898. The number of carbonyl (C=O) groups is 3. The highest BCUT2D eigenvalue weighted by Gasteiger charge is 2.38. The molecule has 112 valence electrons. The van der Waals surface area contributed by atoms with Crippen molar-refractivity contribution in [1.29, 1.82) is 0 Å². The summed E-state index contributed by atoms with van der Waals surface area (Å²) in [5, 5.41) is 11.6.